The highest BCUT2D eigenvalue weighted by molar-refractivity contribution is 5.61. The molecule has 0 spiro atoms. The lowest BCUT2D eigenvalue weighted by atomic mass is 9.76. The highest BCUT2D eigenvalue weighted by atomic mass is 16.7. The molecule has 0 aromatic heterocycles. The van der Waals surface area contributed by atoms with Gasteiger partial charge < -0.3 is 4.79 Å². The summed E-state index contributed by atoms with van der Waals surface area (Å²) in [6.07, 6.45) is 6.11. The molecule has 1 saturated heterocycles. The smallest absolute Gasteiger partial charge is 0.139 e. The number of hydrogen-bond donors (Lipinski definition) is 0. The number of benzene rings is 1. The lowest BCUT2D eigenvalue weighted by molar-refractivity contribution is -0.333. The summed E-state index contributed by atoms with van der Waals surface area (Å²) in [7, 11) is 0. The van der Waals surface area contributed by atoms with Gasteiger partial charge in [-0.3, -0.25) is 9.74 Å². The van der Waals surface area contributed by atoms with Crippen LogP contribution in [0.1, 0.15) is 85.3 Å². The van der Waals surface area contributed by atoms with E-state index in [2.05, 4.69) is 75.8 Å². The Morgan fingerprint density at radius 3 is 2.29 bits per heavy atom. The molecule has 3 atom stereocenters. The summed E-state index contributed by atoms with van der Waals surface area (Å²) >= 11 is 0. The minimum atomic E-state index is -0.318. The maximum absolute atomic E-state index is 12.3. The number of unbranched alkanes of at least 4 members (excludes halogenated alkanes) is 1. The number of hydrogen-bond acceptors (Lipinski definition) is 4. The normalized spacial score (nSPS) is 26.9. The molecule has 28 heavy (non-hydrogen) atoms. The number of piperazine rings is 1. The van der Waals surface area contributed by atoms with E-state index in [9.17, 15) is 4.79 Å². The zero-order valence-electron chi connectivity index (χ0n) is 18.8. The second-order valence-corrected chi connectivity index (χ2v) is 8.52. The van der Waals surface area contributed by atoms with Crippen molar-refractivity contribution in [2.45, 2.75) is 96.9 Å². The van der Waals surface area contributed by atoms with Crippen LogP contribution in [0.5, 0.6) is 0 Å². The van der Waals surface area contributed by atoms with Gasteiger partial charge in [0, 0.05) is 6.54 Å². The second kappa shape index (κ2) is 10.00. The first-order valence-corrected chi connectivity index (χ1v) is 11.1. The molecule has 3 unspecified atom stereocenters. The minimum absolute atomic E-state index is 0.0564. The van der Waals surface area contributed by atoms with Gasteiger partial charge in [0.1, 0.15) is 12.4 Å². The average Bonchev–Trinajstić information content (AvgIpc) is 2.74. The SMILES string of the molecule is CCCCN1CC(C)(CC)N(OC(C)c2ccccc2)C(CC)(CC)C1C=O. The van der Waals surface area contributed by atoms with Gasteiger partial charge in [0.25, 0.3) is 0 Å². The van der Waals surface area contributed by atoms with E-state index in [0.29, 0.717) is 0 Å². The lowest BCUT2D eigenvalue weighted by Crippen LogP contribution is -2.75. The van der Waals surface area contributed by atoms with Gasteiger partial charge in [-0.25, -0.2) is 0 Å². The van der Waals surface area contributed by atoms with E-state index in [1.807, 2.05) is 6.07 Å². The summed E-state index contributed by atoms with van der Waals surface area (Å²) in [6, 6.07) is 10.2. The Bertz CT molecular complexity index is 602. The standard InChI is InChI=1S/C24H40N2O2/c1-7-11-17-25-19-23(6,8-2)26(24(9-3,10-4)22(25)18-27)28-20(5)21-15-13-12-14-16-21/h12-16,18,20,22H,7-11,17,19H2,1-6H3. The van der Waals surface area contributed by atoms with Crippen LogP contribution in [0.3, 0.4) is 0 Å². The summed E-state index contributed by atoms with van der Waals surface area (Å²) in [4.78, 5) is 21.5. The zero-order chi connectivity index (χ0) is 20.8. The van der Waals surface area contributed by atoms with E-state index in [4.69, 9.17) is 4.84 Å². The highest BCUT2D eigenvalue weighted by Crippen LogP contribution is 2.44. The Morgan fingerprint density at radius 1 is 1.14 bits per heavy atom. The number of nitrogens with zero attached hydrogens (tertiary/aromatic N) is 2. The van der Waals surface area contributed by atoms with Crippen molar-refractivity contribution in [3.05, 3.63) is 35.9 Å². The first kappa shape index (κ1) is 23.1. The fraction of sp³-hybridized carbons (Fsp3) is 0.708. The molecule has 4 heteroatoms. The molecule has 1 aromatic rings. The van der Waals surface area contributed by atoms with E-state index < -0.39 is 0 Å². The van der Waals surface area contributed by atoms with Crippen molar-refractivity contribution >= 4 is 6.29 Å². The average molecular weight is 389 g/mol. The molecular weight excluding hydrogens is 348 g/mol. The Kier molecular flexibility index (Phi) is 8.23. The summed E-state index contributed by atoms with van der Waals surface area (Å²) < 4.78 is 0. The van der Waals surface area contributed by atoms with Crippen LogP contribution < -0.4 is 0 Å². The lowest BCUT2D eigenvalue weighted by Gasteiger charge is -2.61. The van der Waals surface area contributed by atoms with Crippen molar-refractivity contribution < 1.29 is 9.63 Å². The summed E-state index contributed by atoms with van der Waals surface area (Å²) in [5, 5.41) is 2.24. The first-order valence-electron chi connectivity index (χ1n) is 11.1. The van der Waals surface area contributed by atoms with Crippen LogP contribution in [0.25, 0.3) is 0 Å². The largest absolute Gasteiger partial charge is 0.302 e. The molecule has 1 heterocycles. The molecule has 1 aromatic carbocycles. The second-order valence-electron chi connectivity index (χ2n) is 8.52. The van der Waals surface area contributed by atoms with Crippen LogP contribution in [0.15, 0.2) is 30.3 Å². The molecule has 1 fully saturated rings. The topological polar surface area (TPSA) is 32.8 Å². The number of carbonyl (C=O) groups excluding carboxylic acids is 1. The molecule has 1 aliphatic heterocycles. The van der Waals surface area contributed by atoms with Crippen molar-refractivity contribution in [2.75, 3.05) is 13.1 Å². The molecule has 1 aliphatic rings. The summed E-state index contributed by atoms with van der Waals surface area (Å²) in [5.41, 5.74) is 0.710. The summed E-state index contributed by atoms with van der Waals surface area (Å²) in [6.45, 7) is 15.1. The van der Waals surface area contributed by atoms with Gasteiger partial charge in [-0.2, -0.15) is 5.06 Å². The van der Waals surface area contributed by atoms with Crippen molar-refractivity contribution in [2.24, 2.45) is 0 Å². The van der Waals surface area contributed by atoms with Crippen LogP contribution in [-0.2, 0) is 9.63 Å². The molecule has 0 bridgehead atoms. The number of carbonyl (C=O) groups is 1. The van der Waals surface area contributed by atoms with Crippen LogP contribution in [0.2, 0.25) is 0 Å². The van der Waals surface area contributed by atoms with Crippen LogP contribution in [0, 0.1) is 0 Å². The Morgan fingerprint density at radius 2 is 1.79 bits per heavy atom. The number of rotatable bonds is 10. The number of aldehydes is 1. The Hall–Kier alpha value is -1.23. The predicted octanol–water partition coefficient (Wildman–Crippen LogP) is 5.39. The maximum atomic E-state index is 12.3. The van der Waals surface area contributed by atoms with Gasteiger partial charge in [-0.15, -0.1) is 0 Å². The molecule has 2 rings (SSSR count). The maximum Gasteiger partial charge on any atom is 0.139 e. The molecule has 0 saturated carbocycles. The van der Waals surface area contributed by atoms with E-state index >= 15 is 0 Å². The van der Waals surface area contributed by atoms with E-state index in [1.165, 1.54) is 6.29 Å². The van der Waals surface area contributed by atoms with Gasteiger partial charge >= 0.3 is 0 Å². The fourth-order valence-corrected chi connectivity index (χ4v) is 4.78. The van der Waals surface area contributed by atoms with Crippen LogP contribution >= 0.6 is 0 Å². The molecule has 0 N–H and O–H groups in total. The monoisotopic (exact) mass is 388 g/mol. The molecule has 0 aliphatic carbocycles. The van der Waals surface area contributed by atoms with E-state index in [1.54, 1.807) is 0 Å². The number of hydroxylamine groups is 2. The Balaban J connectivity index is 2.44. The van der Waals surface area contributed by atoms with Crippen molar-refractivity contribution in [1.82, 2.24) is 9.96 Å². The highest BCUT2D eigenvalue weighted by Gasteiger charge is 2.56. The minimum Gasteiger partial charge on any atom is -0.302 e. The molecule has 0 radical (unpaired) electrons. The molecular formula is C24H40N2O2. The van der Waals surface area contributed by atoms with Crippen molar-refractivity contribution in [3.63, 3.8) is 0 Å². The zero-order valence-corrected chi connectivity index (χ0v) is 18.8. The van der Waals surface area contributed by atoms with Gasteiger partial charge in [0.15, 0.2) is 0 Å². The third-order valence-electron chi connectivity index (χ3n) is 6.83. The molecule has 158 valence electrons. The predicted molar refractivity (Wildman–Crippen MR) is 116 cm³/mol. The van der Waals surface area contributed by atoms with Gasteiger partial charge in [0.05, 0.1) is 17.1 Å². The third kappa shape index (κ3) is 4.34. The fourth-order valence-electron chi connectivity index (χ4n) is 4.78. The van der Waals surface area contributed by atoms with Crippen LogP contribution in [-0.4, -0.2) is 46.5 Å². The molecule has 4 nitrogen and oxygen atoms in total. The van der Waals surface area contributed by atoms with Gasteiger partial charge in [-0.1, -0.05) is 64.4 Å². The summed E-state index contributed by atoms with van der Waals surface area (Å²) in [5.74, 6) is 0. The Labute approximate surface area is 172 Å². The third-order valence-corrected chi connectivity index (χ3v) is 6.83. The first-order chi connectivity index (χ1) is 13.4. The van der Waals surface area contributed by atoms with Crippen molar-refractivity contribution in [3.8, 4) is 0 Å². The quantitative estimate of drug-likeness (QED) is 0.503. The van der Waals surface area contributed by atoms with Gasteiger partial charge in [0.2, 0.25) is 0 Å². The van der Waals surface area contributed by atoms with E-state index in [0.717, 1.165) is 50.8 Å². The van der Waals surface area contributed by atoms with Crippen molar-refractivity contribution in [1.29, 1.82) is 0 Å². The van der Waals surface area contributed by atoms with E-state index in [-0.39, 0.29) is 23.2 Å². The van der Waals surface area contributed by atoms with Crippen LogP contribution in [0.4, 0.5) is 0 Å². The molecule has 0 amide bonds. The van der Waals surface area contributed by atoms with Gasteiger partial charge in [-0.05, 0) is 51.6 Å².